The molecule has 1 fully saturated rings. The van der Waals surface area contributed by atoms with Crippen molar-refractivity contribution in [1.82, 2.24) is 10.6 Å². The van der Waals surface area contributed by atoms with E-state index >= 15 is 0 Å². The molecule has 1 aromatic rings. The number of benzene rings is 1. The van der Waals surface area contributed by atoms with Gasteiger partial charge < -0.3 is 24.8 Å². The van der Waals surface area contributed by atoms with Crippen molar-refractivity contribution in [3.05, 3.63) is 23.8 Å². The van der Waals surface area contributed by atoms with Crippen LogP contribution >= 0.6 is 35.7 Å². The molecule has 1 saturated heterocycles. The molecule has 1 aromatic carbocycles. The molecule has 0 aliphatic carbocycles. The van der Waals surface area contributed by atoms with E-state index in [0.29, 0.717) is 6.79 Å². The third-order valence-corrected chi connectivity index (χ3v) is 6.25. The number of nitrogens with one attached hydrogen (secondary N) is 2. The average Bonchev–Trinajstić information content (AvgIpc) is 3.15. The maximum Gasteiger partial charge on any atom is 0.231 e. The second-order valence-corrected chi connectivity index (χ2v) is 7.83. The summed E-state index contributed by atoms with van der Waals surface area (Å²) in [5, 5.41) is 6.79. The van der Waals surface area contributed by atoms with Gasteiger partial charge in [0.15, 0.2) is 17.5 Å². The van der Waals surface area contributed by atoms with Gasteiger partial charge in [0.2, 0.25) is 6.79 Å². The monoisotopic (exact) mass is 507 g/mol. The zero-order chi connectivity index (χ0) is 18.2. The minimum atomic E-state index is 0. The lowest BCUT2D eigenvalue weighted by Crippen LogP contribution is -2.41. The van der Waals surface area contributed by atoms with E-state index in [0.717, 1.165) is 69.6 Å². The predicted octanol–water partition coefficient (Wildman–Crippen LogP) is 3.04. The molecule has 3 rings (SSSR count). The Kier molecular flexibility index (Phi) is 9.31. The van der Waals surface area contributed by atoms with Gasteiger partial charge in [-0.3, -0.25) is 4.99 Å². The first-order valence-corrected chi connectivity index (χ1v) is 10.5. The molecule has 0 amide bonds. The summed E-state index contributed by atoms with van der Waals surface area (Å²) in [4.78, 5) is 4.84. The fourth-order valence-electron chi connectivity index (χ4n) is 3.16. The van der Waals surface area contributed by atoms with Crippen LogP contribution in [0.15, 0.2) is 23.2 Å². The lowest BCUT2D eigenvalue weighted by atomic mass is 9.99. The van der Waals surface area contributed by atoms with E-state index in [1.807, 2.05) is 17.8 Å². The Morgan fingerprint density at radius 3 is 2.70 bits per heavy atom. The van der Waals surface area contributed by atoms with Gasteiger partial charge in [-0.2, -0.15) is 11.8 Å². The first-order valence-electron chi connectivity index (χ1n) is 9.28. The molecule has 0 spiro atoms. The van der Waals surface area contributed by atoms with Gasteiger partial charge >= 0.3 is 0 Å². The van der Waals surface area contributed by atoms with E-state index in [1.54, 1.807) is 0 Å². The van der Waals surface area contributed by atoms with Gasteiger partial charge in [0.25, 0.3) is 0 Å². The van der Waals surface area contributed by atoms with Crippen molar-refractivity contribution < 1.29 is 14.2 Å². The highest BCUT2D eigenvalue weighted by molar-refractivity contribution is 14.0. The van der Waals surface area contributed by atoms with Crippen LogP contribution < -0.4 is 20.1 Å². The summed E-state index contributed by atoms with van der Waals surface area (Å²) in [5.41, 5.74) is 1.22. The summed E-state index contributed by atoms with van der Waals surface area (Å²) in [6, 6.07) is 6.12. The number of halogens is 1. The van der Waals surface area contributed by atoms with Crippen LogP contribution in [0.5, 0.6) is 11.5 Å². The first kappa shape index (κ1) is 22.4. The van der Waals surface area contributed by atoms with Crippen molar-refractivity contribution in [1.29, 1.82) is 0 Å². The summed E-state index contributed by atoms with van der Waals surface area (Å²) in [5.74, 6) is 2.55. The molecular formula is C19H30IN3O3S. The third-order valence-electron chi connectivity index (χ3n) is 4.85. The number of fused-ring (bicyclic) bond motifs is 1. The fourth-order valence-corrected chi connectivity index (χ4v) is 3.93. The fraction of sp³-hybridized carbons (Fsp3) is 0.632. The molecule has 0 saturated carbocycles. The topological polar surface area (TPSA) is 64.1 Å². The van der Waals surface area contributed by atoms with Crippen LogP contribution in [-0.2, 0) is 11.2 Å². The smallest absolute Gasteiger partial charge is 0.231 e. The van der Waals surface area contributed by atoms with E-state index in [4.69, 9.17) is 19.2 Å². The van der Waals surface area contributed by atoms with Crippen molar-refractivity contribution in [2.45, 2.75) is 30.9 Å². The Morgan fingerprint density at radius 2 is 1.96 bits per heavy atom. The first-order chi connectivity index (χ1) is 12.7. The van der Waals surface area contributed by atoms with Gasteiger partial charge in [-0.25, -0.2) is 0 Å². The number of aliphatic imine (C=N–C) groups is 1. The van der Waals surface area contributed by atoms with Crippen LogP contribution in [-0.4, -0.2) is 56.6 Å². The van der Waals surface area contributed by atoms with E-state index in [1.165, 1.54) is 5.56 Å². The van der Waals surface area contributed by atoms with Gasteiger partial charge in [-0.05, 0) is 50.1 Å². The highest BCUT2D eigenvalue weighted by Gasteiger charge is 2.31. The van der Waals surface area contributed by atoms with E-state index in [2.05, 4.69) is 35.9 Å². The van der Waals surface area contributed by atoms with Crippen molar-refractivity contribution in [3.8, 4) is 11.5 Å². The minimum Gasteiger partial charge on any atom is -0.454 e. The maximum atomic E-state index is 5.51. The summed E-state index contributed by atoms with van der Waals surface area (Å²) < 4.78 is 16.5. The zero-order valence-electron chi connectivity index (χ0n) is 16.1. The molecule has 2 N–H and O–H groups in total. The number of rotatable bonds is 7. The SMILES string of the molecule is CCNC(=NCC1(SC)CCOCC1)NCCc1ccc2c(c1)OCO2.I. The summed E-state index contributed by atoms with van der Waals surface area (Å²) >= 11 is 1.92. The second kappa shape index (κ2) is 11.2. The Morgan fingerprint density at radius 1 is 1.19 bits per heavy atom. The summed E-state index contributed by atoms with van der Waals surface area (Å²) in [7, 11) is 0. The maximum absolute atomic E-state index is 5.51. The molecule has 2 heterocycles. The van der Waals surface area contributed by atoms with Gasteiger partial charge in [-0.1, -0.05) is 6.07 Å². The molecule has 0 radical (unpaired) electrons. The van der Waals surface area contributed by atoms with Crippen LogP contribution in [0, 0.1) is 0 Å². The standard InChI is InChI=1S/C19H29N3O3S.HI/c1-3-20-18(22-13-19(26-2)7-10-23-11-8-19)21-9-6-15-4-5-16-17(12-15)25-14-24-16;/h4-5,12H,3,6-11,13-14H2,1-2H3,(H2,20,21,22);1H. The highest BCUT2D eigenvalue weighted by atomic mass is 127. The Bertz CT molecular complexity index is 624. The Labute approximate surface area is 183 Å². The van der Waals surface area contributed by atoms with E-state index in [9.17, 15) is 0 Å². The molecule has 0 atom stereocenters. The zero-order valence-corrected chi connectivity index (χ0v) is 19.2. The molecule has 0 bridgehead atoms. The largest absolute Gasteiger partial charge is 0.454 e. The predicted molar refractivity (Wildman–Crippen MR) is 122 cm³/mol. The van der Waals surface area contributed by atoms with Crippen LogP contribution in [0.1, 0.15) is 25.3 Å². The average molecular weight is 507 g/mol. The van der Waals surface area contributed by atoms with Crippen molar-refractivity contribution >= 4 is 41.7 Å². The quantitative estimate of drug-likeness (QED) is 0.336. The van der Waals surface area contributed by atoms with Gasteiger partial charge in [0.05, 0.1) is 6.54 Å². The Balaban J connectivity index is 0.00000261. The molecule has 0 unspecified atom stereocenters. The number of hydrogen-bond acceptors (Lipinski definition) is 5. The van der Waals surface area contributed by atoms with Crippen molar-refractivity contribution in [2.75, 3.05) is 45.9 Å². The Hall–Kier alpha value is -0.870. The number of thioether (sulfide) groups is 1. The normalized spacial score (nSPS) is 17.9. The van der Waals surface area contributed by atoms with Gasteiger partial charge in [0.1, 0.15) is 0 Å². The molecule has 27 heavy (non-hydrogen) atoms. The van der Waals surface area contributed by atoms with Crippen LogP contribution in [0.2, 0.25) is 0 Å². The van der Waals surface area contributed by atoms with E-state index < -0.39 is 0 Å². The molecule has 0 aromatic heterocycles. The van der Waals surface area contributed by atoms with Crippen molar-refractivity contribution in [2.24, 2.45) is 4.99 Å². The van der Waals surface area contributed by atoms with Crippen LogP contribution in [0.25, 0.3) is 0 Å². The number of nitrogens with zero attached hydrogens (tertiary/aromatic N) is 1. The van der Waals surface area contributed by atoms with Crippen LogP contribution in [0.3, 0.4) is 0 Å². The number of hydrogen-bond donors (Lipinski definition) is 2. The molecule has 8 heteroatoms. The lowest BCUT2D eigenvalue weighted by Gasteiger charge is -2.34. The molecule has 2 aliphatic heterocycles. The highest BCUT2D eigenvalue weighted by Crippen LogP contribution is 2.34. The summed E-state index contributed by atoms with van der Waals surface area (Å²) in [6.45, 7) is 6.57. The third kappa shape index (κ3) is 6.32. The van der Waals surface area contributed by atoms with Crippen molar-refractivity contribution in [3.63, 3.8) is 0 Å². The molecule has 6 nitrogen and oxygen atoms in total. The number of ether oxygens (including phenoxy) is 3. The minimum absolute atomic E-state index is 0. The van der Waals surface area contributed by atoms with Gasteiger partial charge in [-0.15, -0.1) is 24.0 Å². The number of guanidine groups is 1. The lowest BCUT2D eigenvalue weighted by molar-refractivity contribution is 0.0794. The molecule has 152 valence electrons. The second-order valence-electron chi connectivity index (χ2n) is 6.56. The molecular weight excluding hydrogens is 477 g/mol. The van der Waals surface area contributed by atoms with E-state index in [-0.39, 0.29) is 28.7 Å². The summed E-state index contributed by atoms with van der Waals surface area (Å²) in [6.07, 6.45) is 5.21. The van der Waals surface area contributed by atoms with Crippen LogP contribution in [0.4, 0.5) is 0 Å². The molecule has 2 aliphatic rings. The van der Waals surface area contributed by atoms with Gasteiger partial charge in [0, 0.05) is 31.1 Å².